The molecule has 17 heteroatoms. The number of methoxy groups -OCH3 is 1. The van der Waals surface area contributed by atoms with Crippen molar-refractivity contribution in [2.24, 2.45) is 17.3 Å². The Morgan fingerprint density at radius 3 is 2.58 bits per heavy atom. The van der Waals surface area contributed by atoms with Crippen LogP contribution >= 0.6 is 0 Å². The number of ether oxygens (including phenoxy) is 3. The van der Waals surface area contributed by atoms with Crippen LogP contribution in [0.5, 0.6) is 5.75 Å². The number of carbonyl (C=O) groups excluding carboxylic acids is 5. The van der Waals surface area contributed by atoms with Crippen molar-refractivity contribution in [1.29, 1.82) is 0 Å². The lowest BCUT2D eigenvalue weighted by molar-refractivity contribution is -0.155. The zero-order valence-corrected chi connectivity index (χ0v) is 42.9. The van der Waals surface area contributed by atoms with Crippen LogP contribution in [0.25, 0.3) is 33.3 Å². The van der Waals surface area contributed by atoms with Crippen molar-refractivity contribution in [3.05, 3.63) is 83.7 Å². The minimum Gasteiger partial charge on any atom is -0.508 e. The molecule has 8 rings (SSSR count). The number of likely N-dealkylation sites (tertiary alicyclic amines) is 1. The second kappa shape index (κ2) is 22.7. The lowest BCUT2D eigenvalue weighted by Crippen LogP contribution is -2.62. The third kappa shape index (κ3) is 11.7. The molecule has 2 aromatic carbocycles. The summed E-state index contributed by atoms with van der Waals surface area (Å²) < 4.78 is 19.4. The molecule has 4 amide bonds. The lowest BCUT2D eigenvalue weighted by atomic mass is 9.84. The number of carbonyl (C=O) groups is 5. The standard InChI is InChI=1S/C55H72N8O9/c1-8-62-47-16-15-37-30-42(47)43(50(62)41-12-9-18-56-46(41)33-70-7)31-55(4,5)34-72-54(69)44-13-10-20-63(58-44)53(68)45(28-36-26-39(37)29-40(64)27-36)57-51(66)49(35(2)3)59(6)52(67)38-17-21-61(32-38)48(65)14-11-19-60-22-24-71-25-23-60/h9,11-12,14-16,18,26-27,29-30,35,38,44-45,49,58,64H,8,10,13,17,19-25,28,31-34H2,1-7H3,(H,57,66)/b14-11+/t38-,44-,45-,49-/m0/s1. The molecule has 4 aliphatic rings. The van der Waals surface area contributed by atoms with Crippen molar-refractivity contribution in [2.45, 2.75) is 98.0 Å². The van der Waals surface area contributed by atoms with Gasteiger partial charge in [-0.05, 0) is 97.2 Å². The summed E-state index contributed by atoms with van der Waals surface area (Å²) in [5.74, 6) is -2.76. The first-order valence-corrected chi connectivity index (χ1v) is 25.5. The molecule has 6 bridgehead atoms. The Morgan fingerprint density at radius 1 is 1.04 bits per heavy atom. The van der Waals surface area contributed by atoms with Crippen LogP contribution in [0.2, 0.25) is 0 Å². The average Bonchev–Trinajstić information content (AvgIpc) is 3.98. The number of esters is 1. The molecule has 3 saturated heterocycles. The number of phenolic OH excluding ortho intramolecular Hbond substituents is 1. The minimum atomic E-state index is -1.17. The number of aryl methyl sites for hydroxylation is 1. The Kier molecular flexibility index (Phi) is 16.5. The van der Waals surface area contributed by atoms with Crippen LogP contribution in [0, 0.1) is 17.3 Å². The van der Waals surface area contributed by atoms with E-state index in [2.05, 4.69) is 59.2 Å². The van der Waals surface area contributed by atoms with Crippen LogP contribution in [0.15, 0.2) is 66.9 Å². The molecule has 72 heavy (non-hydrogen) atoms. The second-order valence-corrected chi connectivity index (χ2v) is 20.9. The number of hydrogen-bond donors (Lipinski definition) is 3. The average molecular weight is 989 g/mol. The zero-order valence-electron chi connectivity index (χ0n) is 42.9. The summed E-state index contributed by atoms with van der Waals surface area (Å²) in [5, 5.41) is 16.8. The van der Waals surface area contributed by atoms with Gasteiger partial charge >= 0.3 is 5.97 Å². The number of phenols is 1. The predicted octanol–water partition coefficient (Wildman–Crippen LogP) is 5.11. The van der Waals surface area contributed by atoms with Gasteiger partial charge in [-0.1, -0.05) is 45.9 Å². The zero-order chi connectivity index (χ0) is 51.3. The van der Waals surface area contributed by atoms with E-state index in [9.17, 15) is 29.1 Å². The van der Waals surface area contributed by atoms with Gasteiger partial charge in [0.1, 0.15) is 23.9 Å². The van der Waals surface area contributed by atoms with Crippen molar-refractivity contribution in [2.75, 3.05) is 73.2 Å². The smallest absolute Gasteiger partial charge is 0.324 e. The Morgan fingerprint density at radius 2 is 1.83 bits per heavy atom. The summed E-state index contributed by atoms with van der Waals surface area (Å²) in [6, 6.07) is 12.5. The number of nitrogens with zero attached hydrogens (tertiary/aromatic N) is 6. The number of nitrogens with one attached hydrogen (secondary N) is 2. The number of aromatic hydroxyl groups is 1. The van der Waals surface area contributed by atoms with Crippen LogP contribution in [-0.4, -0.2) is 155 Å². The first-order chi connectivity index (χ1) is 34.5. The molecule has 0 unspecified atom stereocenters. The number of pyridine rings is 1. The fraction of sp³-hybridized carbons (Fsp3) is 0.527. The number of hydrazine groups is 1. The van der Waals surface area contributed by atoms with Crippen LogP contribution < -0.4 is 10.7 Å². The Hall–Kier alpha value is -6.14. The van der Waals surface area contributed by atoms with E-state index in [1.165, 1.54) is 9.91 Å². The monoisotopic (exact) mass is 989 g/mol. The minimum absolute atomic E-state index is 0.0109. The Labute approximate surface area is 422 Å². The van der Waals surface area contributed by atoms with Crippen molar-refractivity contribution >= 4 is 40.5 Å². The Balaban J connectivity index is 1.10. The van der Waals surface area contributed by atoms with Crippen LogP contribution in [-0.2, 0) is 64.2 Å². The number of fused-ring (bicyclic) bond motifs is 6. The summed E-state index contributed by atoms with van der Waals surface area (Å²) in [6.45, 7) is 15.6. The molecular weight excluding hydrogens is 917 g/mol. The fourth-order valence-electron chi connectivity index (χ4n) is 10.9. The molecule has 4 atom stereocenters. The molecule has 3 N–H and O–H groups in total. The number of benzene rings is 2. The molecule has 0 aliphatic carbocycles. The highest BCUT2D eigenvalue weighted by atomic mass is 16.5. The molecule has 2 aromatic heterocycles. The van der Waals surface area contributed by atoms with E-state index in [1.807, 2.05) is 38.1 Å². The second-order valence-electron chi connectivity index (χ2n) is 20.9. The highest BCUT2D eigenvalue weighted by Gasteiger charge is 2.40. The molecule has 0 spiro atoms. The highest BCUT2D eigenvalue weighted by Crippen LogP contribution is 2.41. The van der Waals surface area contributed by atoms with Gasteiger partial charge in [-0.15, -0.1) is 0 Å². The van der Waals surface area contributed by atoms with Crippen molar-refractivity contribution in [3.8, 4) is 28.1 Å². The number of morpholine rings is 1. The normalized spacial score (nSPS) is 21.5. The molecule has 0 saturated carbocycles. The van der Waals surface area contributed by atoms with Gasteiger partial charge in [0.15, 0.2) is 0 Å². The number of hydrogen-bond acceptors (Lipinski definition) is 12. The van der Waals surface area contributed by atoms with Crippen molar-refractivity contribution < 1.29 is 43.3 Å². The van der Waals surface area contributed by atoms with E-state index < -0.39 is 47.2 Å². The lowest BCUT2D eigenvalue weighted by Gasteiger charge is -2.37. The number of likely N-dealkylation sites (N-methyl/N-ethyl adjacent to an activating group) is 1. The maximum absolute atomic E-state index is 14.8. The number of rotatable bonds is 12. The van der Waals surface area contributed by atoms with E-state index >= 15 is 0 Å². The molecule has 4 aromatic rings. The van der Waals surface area contributed by atoms with Gasteiger partial charge in [0, 0.05) is 101 Å². The van der Waals surface area contributed by atoms with Gasteiger partial charge in [-0.3, -0.25) is 38.9 Å². The first-order valence-electron chi connectivity index (χ1n) is 25.5. The van der Waals surface area contributed by atoms with E-state index in [0.717, 1.165) is 57.6 Å². The molecule has 17 nitrogen and oxygen atoms in total. The van der Waals surface area contributed by atoms with Gasteiger partial charge in [0.2, 0.25) is 17.7 Å². The van der Waals surface area contributed by atoms with Gasteiger partial charge in [-0.25, -0.2) is 5.43 Å². The summed E-state index contributed by atoms with van der Waals surface area (Å²) in [7, 11) is 3.26. The van der Waals surface area contributed by atoms with Crippen LogP contribution in [0.1, 0.15) is 70.7 Å². The van der Waals surface area contributed by atoms with Gasteiger partial charge in [-0.2, -0.15) is 0 Å². The third-order valence-corrected chi connectivity index (χ3v) is 14.5. The van der Waals surface area contributed by atoms with E-state index in [-0.39, 0.29) is 49.6 Å². The van der Waals surface area contributed by atoms with E-state index in [1.54, 1.807) is 43.5 Å². The molecule has 386 valence electrons. The van der Waals surface area contributed by atoms with E-state index in [4.69, 9.17) is 19.2 Å². The molecule has 4 aliphatic heterocycles. The maximum Gasteiger partial charge on any atom is 0.324 e. The van der Waals surface area contributed by atoms with E-state index in [0.29, 0.717) is 70.7 Å². The summed E-state index contributed by atoms with van der Waals surface area (Å²) >= 11 is 0. The number of aromatic nitrogens is 2. The van der Waals surface area contributed by atoms with Crippen LogP contribution in [0.3, 0.4) is 0 Å². The fourth-order valence-corrected chi connectivity index (χ4v) is 10.9. The summed E-state index contributed by atoms with van der Waals surface area (Å²) in [6.07, 6.45) is 7.13. The quantitative estimate of drug-likeness (QED) is 0.126. The topological polar surface area (TPSA) is 188 Å². The Bertz CT molecular complexity index is 2670. The molecule has 0 radical (unpaired) electrons. The van der Waals surface area contributed by atoms with Crippen molar-refractivity contribution in [3.63, 3.8) is 0 Å². The highest BCUT2D eigenvalue weighted by molar-refractivity contribution is 5.96. The number of amides is 4. The largest absolute Gasteiger partial charge is 0.508 e. The molecule has 3 fully saturated rings. The molecule has 6 heterocycles. The van der Waals surface area contributed by atoms with Crippen molar-refractivity contribution in [1.82, 2.24) is 40.0 Å². The van der Waals surface area contributed by atoms with Crippen LogP contribution in [0.4, 0.5) is 0 Å². The number of cyclic esters (lactones) is 1. The first kappa shape index (κ1) is 52.2. The summed E-state index contributed by atoms with van der Waals surface area (Å²) in [4.78, 5) is 80.9. The summed E-state index contributed by atoms with van der Waals surface area (Å²) in [5.41, 5.74) is 9.56. The maximum atomic E-state index is 14.8. The SMILES string of the molecule is CCn1c(-c2cccnc2COC)c2c3cc(ccc31)-c1cc(O)cc(c1)C[C@H](NC(=O)[C@H](C(C)C)N(C)C(=O)[C@H]1CCN(C(=O)/C=C/CN3CCOCC3)C1)C(=O)N1CCC[C@H](N1)C(=O)OCC(C)(C)C2. The van der Waals surface area contributed by atoms with Gasteiger partial charge in [0.25, 0.3) is 5.91 Å². The molecular formula is C55H72N8O9. The third-order valence-electron chi connectivity index (χ3n) is 14.5. The van der Waals surface area contributed by atoms with Gasteiger partial charge < -0.3 is 39.0 Å². The predicted molar refractivity (Wildman–Crippen MR) is 273 cm³/mol. The van der Waals surface area contributed by atoms with Gasteiger partial charge in [0.05, 0.1) is 43.7 Å².